The molecule has 0 amide bonds. The van der Waals surface area contributed by atoms with Gasteiger partial charge in [-0.15, -0.1) is 0 Å². The molecule has 0 radical (unpaired) electrons. The molecule has 2 N–H and O–H groups in total. The fourth-order valence-corrected chi connectivity index (χ4v) is 3.18. The van der Waals surface area contributed by atoms with Gasteiger partial charge in [0.15, 0.2) is 9.84 Å². The van der Waals surface area contributed by atoms with Gasteiger partial charge >= 0.3 is 0 Å². The van der Waals surface area contributed by atoms with Crippen molar-refractivity contribution in [1.29, 1.82) is 0 Å². The lowest BCUT2D eigenvalue weighted by atomic mass is 10.2. The first-order valence-corrected chi connectivity index (χ1v) is 6.66. The van der Waals surface area contributed by atoms with Crippen molar-refractivity contribution in [2.24, 2.45) is 16.6 Å². The normalized spacial score (nSPS) is 27.1. The monoisotopic (exact) mass is 218 g/mol. The molecule has 1 atom stereocenters. The standard InChI is InChI=1S/C9H18N2O2S/c1-7(2)9(10)11-6-8-4-3-5-14(8,12)13/h7-8H,3-6H2,1-2H3,(H2,10,11). The molecule has 4 nitrogen and oxygen atoms in total. The molecule has 1 aliphatic heterocycles. The highest BCUT2D eigenvalue weighted by Crippen LogP contribution is 2.20. The summed E-state index contributed by atoms with van der Waals surface area (Å²) in [6.45, 7) is 4.23. The lowest BCUT2D eigenvalue weighted by Gasteiger charge is -2.08. The smallest absolute Gasteiger partial charge is 0.154 e. The van der Waals surface area contributed by atoms with Crippen LogP contribution in [0.15, 0.2) is 4.99 Å². The topological polar surface area (TPSA) is 72.5 Å². The zero-order valence-electron chi connectivity index (χ0n) is 8.73. The van der Waals surface area contributed by atoms with Gasteiger partial charge in [0.25, 0.3) is 0 Å². The molecule has 1 rings (SSSR count). The van der Waals surface area contributed by atoms with E-state index >= 15 is 0 Å². The number of rotatable bonds is 3. The second kappa shape index (κ2) is 4.29. The molecule has 0 aromatic rings. The summed E-state index contributed by atoms with van der Waals surface area (Å²) in [7, 11) is -2.87. The predicted molar refractivity (Wildman–Crippen MR) is 58.1 cm³/mol. The first-order chi connectivity index (χ1) is 6.43. The maximum Gasteiger partial charge on any atom is 0.154 e. The van der Waals surface area contributed by atoms with E-state index in [4.69, 9.17) is 5.73 Å². The Morgan fingerprint density at radius 2 is 2.21 bits per heavy atom. The van der Waals surface area contributed by atoms with Gasteiger partial charge in [0.2, 0.25) is 0 Å². The average molecular weight is 218 g/mol. The molecule has 0 aromatic carbocycles. The van der Waals surface area contributed by atoms with Crippen LogP contribution in [0, 0.1) is 5.92 Å². The van der Waals surface area contributed by atoms with Crippen molar-refractivity contribution in [2.75, 3.05) is 12.3 Å². The molecule has 0 saturated carbocycles. The maximum absolute atomic E-state index is 11.4. The maximum atomic E-state index is 11.4. The molecule has 0 bridgehead atoms. The lowest BCUT2D eigenvalue weighted by molar-refractivity contribution is 0.589. The van der Waals surface area contributed by atoms with Crippen LogP contribution in [0.2, 0.25) is 0 Å². The molecule has 0 aliphatic carbocycles. The summed E-state index contributed by atoms with van der Waals surface area (Å²) in [6, 6.07) is 0. The minimum atomic E-state index is -2.87. The lowest BCUT2D eigenvalue weighted by Crippen LogP contribution is -2.24. The summed E-state index contributed by atoms with van der Waals surface area (Å²) in [6.07, 6.45) is 1.50. The van der Waals surface area contributed by atoms with Gasteiger partial charge in [-0.1, -0.05) is 13.8 Å². The molecular weight excluding hydrogens is 200 g/mol. The number of amidine groups is 1. The molecule has 1 unspecified atom stereocenters. The second-order valence-electron chi connectivity index (χ2n) is 4.05. The van der Waals surface area contributed by atoms with Crippen LogP contribution >= 0.6 is 0 Å². The van der Waals surface area contributed by atoms with Gasteiger partial charge in [0.05, 0.1) is 23.4 Å². The number of sulfone groups is 1. The van der Waals surface area contributed by atoms with E-state index in [2.05, 4.69) is 4.99 Å². The van der Waals surface area contributed by atoms with Gasteiger partial charge in [-0.25, -0.2) is 8.42 Å². The molecule has 14 heavy (non-hydrogen) atoms. The van der Waals surface area contributed by atoms with Crippen LogP contribution in [0.4, 0.5) is 0 Å². The van der Waals surface area contributed by atoms with Crippen LogP contribution in [0.5, 0.6) is 0 Å². The Balaban J connectivity index is 2.58. The Kier molecular flexibility index (Phi) is 3.53. The fraction of sp³-hybridized carbons (Fsp3) is 0.889. The average Bonchev–Trinajstić information content (AvgIpc) is 2.40. The summed E-state index contributed by atoms with van der Waals surface area (Å²) in [5, 5.41) is -0.292. The molecule has 1 fully saturated rings. The highest BCUT2D eigenvalue weighted by Gasteiger charge is 2.30. The molecule has 5 heteroatoms. The van der Waals surface area contributed by atoms with Gasteiger partial charge < -0.3 is 5.73 Å². The largest absolute Gasteiger partial charge is 0.387 e. The molecule has 1 heterocycles. The molecule has 1 saturated heterocycles. The summed E-state index contributed by atoms with van der Waals surface area (Å²) in [4.78, 5) is 4.12. The first kappa shape index (κ1) is 11.5. The Labute approximate surface area is 85.5 Å². The van der Waals surface area contributed by atoms with Crippen LogP contribution in [0.3, 0.4) is 0 Å². The van der Waals surface area contributed by atoms with E-state index in [9.17, 15) is 8.42 Å². The molecule has 0 aromatic heterocycles. The van der Waals surface area contributed by atoms with E-state index in [0.29, 0.717) is 18.1 Å². The summed E-state index contributed by atoms with van der Waals surface area (Å²) < 4.78 is 22.9. The van der Waals surface area contributed by atoms with Gasteiger partial charge in [-0.05, 0) is 12.8 Å². The summed E-state index contributed by atoms with van der Waals surface area (Å²) >= 11 is 0. The van der Waals surface area contributed by atoms with Crippen molar-refractivity contribution >= 4 is 15.7 Å². The molecule has 82 valence electrons. The minimum absolute atomic E-state index is 0.194. The Hall–Kier alpha value is -0.580. The number of hydrogen-bond acceptors (Lipinski definition) is 3. The van der Waals surface area contributed by atoms with Crippen molar-refractivity contribution < 1.29 is 8.42 Å². The number of aliphatic imine (C=N–C) groups is 1. The van der Waals surface area contributed by atoms with E-state index < -0.39 is 9.84 Å². The van der Waals surface area contributed by atoms with Gasteiger partial charge in [0.1, 0.15) is 0 Å². The van der Waals surface area contributed by atoms with Crippen LogP contribution in [0.25, 0.3) is 0 Å². The van der Waals surface area contributed by atoms with Crippen LogP contribution in [-0.4, -0.2) is 31.8 Å². The molecular formula is C9H18N2O2S. The molecule has 0 spiro atoms. The quantitative estimate of drug-likeness (QED) is 0.556. The van der Waals surface area contributed by atoms with Gasteiger partial charge in [0, 0.05) is 5.92 Å². The Bertz CT molecular complexity index is 320. The number of nitrogens with zero attached hydrogens (tertiary/aromatic N) is 1. The van der Waals surface area contributed by atoms with Gasteiger partial charge in [-0.2, -0.15) is 0 Å². The Morgan fingerprint density at radius 1 is 1.57 bits per heavy atom. The van der Waals surface area contributed by atoms with E-state index in [-0.39, 0.29) is 11.2 Å². The third kappa shape index (κ3) is 2.70. The molecule has 1 aliphatic rings. The van der Waals surface area contributed by atoms with E-state index in [1.807, 2.05) is 13.8 Å². The third-order valence-electron chi connectivity index (χ3n) is 2.53. The van der Waals surface area contributed by atoms with Crippen molar-refractivity contribution in [3.8, 4) is 0 Å². The second-order valence-corrected chi connectivity index (χ2v) is 6.45. The SMILES string of the molecule is CC(C)C(N)=NCC1CCCS1(=O)=O. The van der Waals surface area contributed by atoms with Crippen LogP contribution in [-0.2, 0) is 9.84 Å². The third-order valence-corrected chi connectivity index (χ3v) is 4.79. The van der Waals surface area contributed by atoms with E-state index in [1.54, 1.807) is 0 Å². The van der Waals surface area contributed by atoms with Crippen LogP contribution in [0.1, 0.15) is 26.7 Å². The van der Waals surface area contributed by atoms with Crippen molar-refractivity contribution in [3.63, 3.8) is 0 Å². The van der Waals surface area contributed by atoms with E-state index in [0.717, 1.165) is 12.8 Å². The minimum Gasteiger partial charge on any atom is -0.387 e. The summed E-state index contributed by atoms with van der Waals surface area (Å²) in [5.74, 6) is 1.06. The van der Waals surface area contributed by atoms with Crippen LogP contribution < -0.4 is 5.73 Å². The highest BCUT2D eigenvalue weighted by molar-refractivity contribution is 7.92. The van der Waals surface area contributed by atoms with Gasteiger partial charge in [-0.3, -0.25) is 4.99 Å². The van der Waals surface area contributed by atoms with Crippen molar-refractivity contribution in [3.05, 3.63) is 0 Å². The highest BCUT2D eigenvalue weighted by atomic mass is 32.2. The number of nitrogens with two attached hydrogens (primary N) is 1. The number of hydrogen-bond donors (Lipinski definition) is 1. The summed E-state index contributed by atoms with van der Waals surface area (Å²) in [5.41, 5.74) is 5.64. The zero-order chi connectivity index (χ0) is 10.8. The Morgan fingerprint density at radius 3 is 2.64 bits per heavy atom. The zero-order valence-corrected chi connectivity index (χ0v) is 9.55. The van der Waals surface area contributed by atoms with Crippen molar-refractivity contribution in [1.82, 2.24) is 0 Å². The van der Waals surface area contributed by atoms with E-state index in [1.165, 1.54) is 0 Å². The fourth-order valence-electron chi connectivity index (χ4n) is 1.45. The first-order valence-electron chi connectivity index (χ1n) is 4.95. The van der Waals surface area contributed by atoms with Crippen molar-refractivity contribution in [2.45, 2.75) is 31.9 Å². The predicted octanol–water partition coefficient (Wildman–Crippen LogP) is 0.577.